The average Bonchev–Trinajstić information content (AvgIpc) is 2.63. The molecule has 0 aliphatic rings. The van der Waals surface area contributed by atoms with Crippen LogP contribution in [0.1, 0.15) is 15.2 Å². The van der Waals surface area contributed by atoms with Crippen molar-refractivity contribution in [2.75, 3.05) is 26.8 Å². The largest absolute Gasteiger partial charge is 0.480 e. The molecule has 0 spiro atoms. The third-order valence-electron chi connectivity index (χ3n) is 2.25. The number of nitrogens with zero attached hydrogens (tertiary/aromatic N) is 1. The van der Waals surface area contributed by atoms with Gasteiger partial charge in [-0.25, -0.2) is 0 Å². The Labute approximate surface area is 117 Å². The molecule has 1 rings (SSSR count). The maximum absolute atomic E-state index is 12.1. The quantitative estimate of drug-likeness (QED) is 0.863. The van der Waals surface area contributed by atoms with Crippen LogP contribution in [0.3, 0.4) is 0 Å². The van der Waals surface area contributed by atoms with Crippen molar-refractivity contribution in [3.63, 3.8) is 0 Å². The first-order valence-corrected chi connectivity index (χ1v) is 6.82. The van der Waals surface area contributed by atoms with E-state index in [1.54, 1.807) is 6.07 Å². The predicted octanol–water partition coefficient (Wildman–Crippen LogP) is 1.99. The summed E-state index contributed by atoms with van der Waals surface area (Å²) in [4.78, 5) is 24.7. The molecule has 0 unspecified atom stereocenters. The number of aliphatic carboxylic acids is 1. The van der Waals surface area contributed by atoms with E-state index in [0.717, 1.165) is 9.35 Å². The second-order valence-electron chi connectivity index (χ2n) is 3.68. The smallest absolute Gasteiger partial charge is 0.323 e. The molecule has 0 fully saturated rings. The van der Waals surface area contributed by atoms with Crippen LogP contribution in [0.25, 0.3) is 0 Å². The lowest BCUT2D eigenvalue weighted by atomic mass is 10.3. The third-order valence-corrected chi connectivity index (χ3v) is 4.37. The van der Waals surface area contributed by atoms with Crippen LogP contribution in [0.2, 0.25) is 0 Å². The van der Waals surface area contributed by atoms with Gasteiger partial charge in [0, 0.05) is 13.7 Å². The minimum atomic E-state index is -1.04. The van der Waals surface area contributed by atoms with E-state index in [2.05, 4.69) is 15.9 Å². The number of methoxy groups -OCH3 is 1. The van der Waals surface area contributed by atoms with E-state index in [4.69, 9.17) is 9.84 Å². The molecule has 0 aromatic carbocycles. The van der Waals surface area contributed by atoms with E-state index in [9.17, 15) is 9.59 Å². The Kier molecular flexibility index (Phi) is 5.77. The molecule has 0 aliphatic heterocycles. The fourth-order valence-electron chi connectivity index (χ4n) is 1.34. The number of hydrogen-bond acceptors (Lipinski definition) is 4. The molecule has 0 aliphatic carbocycles. The molecule has 1 heterocycles. The van der Waals surface area contributed by atoms with Crippen molar-refractivity contribution in [2.45, 2.75) is 6.92 Å². The van der Waals surface area contributed by atoms with E-state index in [0.29, 0.717) is 11.5 Å². The predicted molar refractivity (Wildman–Crippen MR) is 72.2 cm³/mol. The molecule has 100 valence electrons. The first-order chi connectivity index (χ1) is 8.45. The number of carboxylic acids is 1. The van der Waals surface area contributed by atoms with Gasteiger partial charge in [-0.3, -0.25) is 9.59 Å². The topological polar surface area (TPSA) is 66.8 Å². The number of carbonyl (C=O) groups is 2. The van der Waals surface area contributed by atoms with Gasteiger partial charge in [-0.1, -0.05) is 0 Å². The van der Waals surface area contributed by atoms with Crippen LogP contribution in [-0.2, 0) is 9.53 Å². The normalized spacial score (nSPS) is 10.4. The van der Waals surface area contributed by atoms with Crippen molar-refractivity contribution in [3.05, 3.63) is 20.3 Å². The molecule has 18 heavy (non-hydrogen) atoms. The number of halogens is 1. The number of hydrogen-bond donors (Lipinski definition) is 1. The summed E-state index contributed by atoms with van der Waals surface area (Å²) < 4.78 is 5.76. The van der Waals surface area contributed by atoms with Crippen LogP contribution >= 0.6 is 27.3 Å². The molecule has 1 aromatic rings. The zero-order valence-electron chi connectivity index (χ0n) is 10.1. The van der Waals surface area contributed by atoms with Gasteiger partial charge in [-0.05, 0) is 34.5 Å². The first kappa shape index (κ1) is 15.1. The highest BCUT2D eigenvalue weighted by atomic mass is 79.9. The highest BCUT2D eigenvalue weighted by Gasteiger charge is 2.20. The molecule has 5 nitrogen and oxygen atoms in total. The Morgan fingerprint density at radius 1 is 1.56 bits per heavy atom. The zero-order valence-corrected chi connectivity index (χ0v) is 12.5. The lowest BCUT2D eigenvalue weighted by Gasteiger charge is -2.19. The second kappa shape index (κ2) is 6.86. The summed E-state index contributed by atoms with van der Waals surface area (Å²) >= 11 is 4.65. The van der Waals surface area contributed by atoms with Crippen molar-refractivity contribution in [3.8, 4) is 0 Å². The number of rotatable bonds is 6. The van der Waals surface area contributed by atoms with Gasteiger partial charge in [-0.15, -0.1) is 11.3 Å². The van der Waals surface area contributed by atoms with Gasteiger partial charge in [0.1, 0.15) is 6.54 Å². The molecule has 0 bridgehead atoms. The van der Waals surface area contributed by atoms with Gasteiger partial charge in [0.25, 0.3) is 5.91 Å². The van der Waals surface area contributed by atoms with Crippen molar-refractivity contribution < 1.29 is 19.4 Å². The van der Waals surface area contributed by atoms with E-state index in [-0.39, 0.29) is 19.0 Å². The molecule has 0 saturated heterocycles. The van der Waals surface area contributed by atoms with Crippen molar-refractivity contribution >= 4 is 39.1 Å². The van der Waals surface area contributed by atoms with Crippen LogP contribution in [-0.4, -0.2) is 48.7 Å². The minimum absolute atomic E-state index is 0.260. The van der Waals surface area contributed by atoms with E-state index >= 15 is 0 Å². The average molecular weight is 336 g/mol. The summed E-state index contributed by atoms with van der Waals surface area (Å²) in [5.41, 5.74) is 0.963. The van der Waals surface area contributed by atoms with Crippen LogP contribution in [0.4, 0.5) is 0 Å². The Morgan fingerprint density at radius 2 is 2.22 bits per heavy atom. The highest BCUT2D eigenvalue weighted by Crippen LogP contribution is 2.28. The molecule has 0 radical (unpaired) electrons. The van der Waals surface area contributed by atoms with Gasteiger partial charge >= 0.3 is 5.97 Å². The Balaban J connectivity index is 2.83. The van der Waals surface area contributed by atoms with E-state index < -0.39 is 5.97 Å². The van der Waals surface area contributed by atoms with Gasteiger partial charge in [-0.2, -0.15) is 0 Å². The summed E-state index contributed by atoms with van der Waals surface area (Å²) in [5, 5.41) is 8.80. The number of carbonyl (C=O) groups excluding carboxylic acids is 1. The molecule has 0 saturated carbocycles. The van der Waals surface area contributed by atoms with Crippen molar-refractivity contribution in [2.24, 2.45) is 0 Å². The maximum atomic E-state index is 12.1. The number of carboxylic acid groups (broad SMARTS) is 1. The van der Waals surface area contributed by atoms with Crippen LogP contribution in [0.15, 0.2) is 9.85 Å². The number of thiophene rings is 1. The van der Waals surface area contributed by atoms with Crippen molar-refractivity contribution in [1.29, 1.82) is 0 Å². The monoisotopic (exact) mass is 335 g/mol. The molecular formula is C11H14BrNO4S. The summed E-state index contributed by atoms with van der Waals surface area (Å²) in [7, 11) is 1.51. The zero-order chi connectivity index (χ0) is 13.7. The summed E-state index contributed by atoms with van der Waals surface area (Å²) in [5.74, 6) is -1.32. The SMILES string of the molecule is COCCN(CC(=O)O)C(=O)c1cc(C)c(Br)s1. The summed E-state index contributed by atoms with van der Waals surface area (Å²) in [6.45, 7) is 2.13. The van der Waals surface area contributed by atoms with Crippen LogP contribution in [0.5, 0.6) is 0 Å². The molecular weight excluding hydrogens is 322 g/mol. The number of aryl methyl sites for hydroxylation is 1. The van der Waals surface area contributed by atoms with E-state index in [1.807, 2.05) is 6.92 Å². The molecule has 0 atom stereocenters. The first-order valence-electron chi connectivity index (χ1n) is 5.21. The number of ether oxygens (including phenoxy) is 1. The van der Waals surface area contributed by atoms with E-state index in [1.165, 1.54) is 23.3 Å². The van der Waals surface area contributed by atoms with Crippen molar-refractivity contribution in [1.82, 2.24) is 4.90 Å². The molecule has 1 aromatic heterocycles. The van der Waals surface area contributed by atoms with Crippen LogP contribution in [0, 0.1) is 6.92 Å². The van der Waals surface area contributed by atoms with Crippen LogP contribution < -0.4 is 0 Å². The second-order valence-corrected chi connectivity index (χ2v) is 6.05. The van der Waals surface area contributed by atoms with Gasteiger partial charge in [0.15, 0.2) is 0 Å². The minimum Gasteiger partial charge on any atom is -0.480 e. The fourth-order valence-corrected chi connectivity index (χ4v) is 2.84. The standard InChI is InChI=1S/C11H14BrNO4S/c1-7-5-8(18-10(7)12)11(16)13(3-4-17-2)6-9(14)15/h5H,3-4,6H2,1-2H3,(H,14,15). The summed E-state index contributed by atoms with van der Waals surface area (Å²) in [6, 6.07) is 1.75. The lowest BCUT2D eigenvalue weighted by molar-refractivity contribution is -0.137. The molecule has 7 heteroatoms. The lowest BCUT2D eigenvalue weighted by Crippen LogP contribution is -2.37. The Bertz CT molecular complexity index is 427. The third kappa shape index (κ3) is 4.08. The fraction of sp³-hybridized carbons (Fsp3) is 0.455. The van der Waals surface area contributed by atoms with Gasteiger partial charge < -0.3 is 14.7 Å². The summed E-state index contributed by atoms with van der Waals surface area (Å²) in [6.07, 6.45) is 0. The van der Waals surface area contributed by atoms with Gasteiger partial charge in [0.05, 0.1) is 15.3 Å². The Morgan fingerprint density at radius 3 is 2.67 bits per heavy atom. The van der Waals surface area contributed by atoms with Gasteiger partial charge in [0.2, 0.25) is 0 Å². The molecule has 1 amide bonds. The molecule has 1 N–H and O–H groups in total. The maximum Gasteiger partial charge on any atom is 0.323 e. The highest BCUT2D eigenvalue weighted by molar-refractivity contribution is 9.11. The number of amides is 1. The Hall–Kier alpha value is -0.920.